The minimum absolute atomic E-state index is 0.0261. The molecule has 0 saturated heterocycles. The Morgan fingerprint density at radius 3 is 2.52 bits per heavy atom. The van der Waals surface area contributed by atoms with Gasteiger partial charge in [0.15, 0.2) is 0 Å². The Balaban J connectivity index is 2.19. The average Bonchev–Trinajstić information content (AvgIpc) is 2.82. The van der Waals surface area contributed by atoms with Crippen molar-refractivity contribution in [1.82, 2.24) is 14.8 Å². The number of aromatic nitrogens is 3. The third kappa shape index (κ3) is 4.03. The summed E-state index contributed by atoms with van der Waals surface area (Å²) in [6.45, 7) is 5.80. The standard InChI is InChI=1S/C14H25N3O3S/c1-11(2)20-9-10-21(18,19)14-16-15-12(3)17(14)13-7-5-4-6-8-13/h11,13H,4-10H2,1-3H3. The van der Waals surface area contributed by atoms with Gasteiger partial charge in [-0.3, -0.25) is 4.57 Å². The first-order valence-electron chi connectivity index (χ1n) is 7.67. The maximum Gasteiger partial charge on any atom is 0.250 e. The van der Waals surface area contributed by atoms with Crippen LogP contribution in [0.4, 0.5) is 0 Å². The van der Waals surface area contributed by atoms with Crippen molar-refractivity contribution in [3.05, 3.63) is 5.82 Å². The summed E-state index contributed by atoms with van der Waals surface area (Å²) in [5, 5.41) is 8.03. The summed E-state index contributed by atoms with van der Waals surface area (Å²) in [6, 6.07) is 0.213. The highest BCUT2D eigenvalue weighted by Gasteiger charge is 2.28. The highest BCUT2D eigenvalue weighted by atomic mass is 32.2. The van der Waals surface area contributed by atoms with Gasteiger partial charge < -0.3 is 4.74 Å². The first-order chi connectivity index (χ1) is 9.92. The Bertz CT molecular complexity index is 560. The van der Waals surface area contributed by atoms with E-state index in [2.05, 4.69) is 10.2 Å². The summed E-state index contributed by atoms with van der Waals surface area (Å²) in [6.07, 6.45) is 5.53. The van der Waals surface area contributed by atoms with Crippen molar-refractivity contribution < 1.29 is 13.2 Å². The minimum atomic E-state index is -3.45. The van der Waals surface area contributed by atoms with Crippen LogP contribution in [0.1, 0.15) is 57.8 Å². The zero-order valence-electron chi connectivity index (χ0n) is 13.1. The number of rotatable bonds is 6. The molecule has 1 fully saturated rings. The van der Waals surface area contributed by atoms with Gasteiger partial charge in [-0.2, -0.15) is 0 Å². The fraction of sp³-hybridized carbons (Fsp3) is 0.857. The Kier molecular flexibility index (Phi) is 5.37. The van der Waals surface area contributed by atoms with Crippen LogP contribution in [-0.2, 0) is 14.6 Å². The average molecular weight is 315 g/mol. The van der Waals surface area contributed by atoms with E-state index in [1.54, 1.807) is 0 Å². The first kappa shape index (κ1) is 16.4. The molecule has 0 aromatic carbocycles. The molecular weight excluding hydrogens is 290 g/mol. The highest BCUT2D eigenvalue weighted by molar-refractivity contribution is 7.91. The van der Waals surface area contributed by atoms with Gasteiger partial charge in [0.25, 0.3) is 0 Å². The van der Waals surface area contributed by atoms with Gasteiger partial charge in [0, 0.05) is 6.04 Å². The molecule has 1 aromatic rings. The molecule has 2 rings (SSSR count). The molecule has 0 amide bonds. The first-order valence-corrected chi connectivity index (χ1v) is 9.33. The Morgan fingerprint density at radius 1 is 1.24 bits per heavy atom. The molecule has 0 bridgehead atoms. The second-order valence-electron chi connectivity index (χ2n) is 5.93. The van der Waals surface area contributed by atoms with Crippen molar-refractivity contribution in [3.63, 3.8) is 0 Å². The van der Waals surface area contributed by atoms with E-state index >= 15 is 0 Å². The lowest BCUT2D eigenvalue weighted by Gasteiger charge is -2.25. The second kappa shape index (κ2) is 6.87. The SMILES string of the molecule is Cc1nnc(S(=O)(=O)CCOC(C)C)n1C1CCCCC1. The molecule has 0 radical (unpaired) electrons. The lowest BCUT2D eigenvalue weighted by Crippen LogP contribution is -2.23. The lowest BCUT2D eigenvalue weighted by atomic mass is 9.95. The van der Waals surface area contributed by atoms with Crippen molar-refractivity contribution >= 4 is 9.84 Å². The smallest absolute Gasteiger partial charge is 0.250 e. The van der Waals surface area contributed by atoms with Crippen LogP contribution < -0.4 is 0 Å². The molecule has 1 saturated carbocycles. The highest BCUT2D eigenvalue weighted by Crippen LogP contribution is 2.31. The van der Waals surface area contributed by atoms with Crippen LogP contribution in [0, 0.1) is 6.92 Å². The van der Waals surface area contributed by atoms with Crippen LogP contribution >= 0.6 is 0 Å². The van der Waals surface area contributed by atoms with Crippen LogP contribution in [0.3, 0.4) is 0 Å². The molecule has 1 aliphatic carbocycles. The number of aryl methyl sites for hydroxylation is 1. The van der Waals surface area contributed by atoms with Crippen molar-refractivity contribution in [1.29, 1.82) is 0 Å². The topological polar surface area (TPSA) is 74.1 Å². The minimum Gasteiger partial charge on any atom is -0.378 e. The van der Waals surface area contributed by atoms with Gasteiger partial charge in [-0.05, 0) is 33.6 Å². The maximum absolute atomic E-state index is 12.5. The molecule has 6 nitrogen and oxygen atoms in total. The van der Waals surface area contributed by atoms with Crippen LogP contribution in [0.25, 0.3) is 0 Å². The van der Waals surface area contributed by atoms with E-state index in [-0.39, 0.29) is 29.7 Å². The fourth-order valence-corrected chi connectivity index (χ4v) is 4.05. The van der Waals surface area contributed by atoms with Crippen LogP contribution in [0.15, 0.2) is 5.16 Å². The summed E-state index contributed by atoms with van der Waals surface area (Å²) >= 11 is 0. The van der Waals surface area contributed by atoms with E-state index in [0.717, 1.165) is 25.7 Å². The molecule has 21 heavy (non-hydrogen) atoms. The van der Waals surface area contributed by atoms with Gasteiger partial charge in [-0.1, -0.05) is 19.3 Å². The Labute approximate surface area is 126 Å². The molecule has 120 valence electrons. The van der Waals surface area contributed by atoms with Crippen LogP contribution in [0.2, 0.25) is 0 Å². The van der Waals surface area contributed by atoms with E-state index in [1.165, 1.54) is 6.42 Å². The van der Waals surface area contributed by atoms with Gasteiger partial charge >= 0.3 is 0 Å². The van der Waals surface area contributed by atoms with E-state index in [4.69, 9.17) is 4.74 Å². The number of ether oxygens (including phenoxy) is 1. The van der Waals surface area contributed by atoms with E-state index in [9.17, 15) is 8.42 Å². The summed E-state index contributed by atoms with van der Waals surface area (Å²) in [7, 11) is -3.45. The summed E-state index contributed by atoms with van der Waals surface area (Å²) < 4.78 is 32.2. The van der Waals surface area contributed by atoms with Gasteiger partial charge in [0.2, 0.25) is 15.0 Å². The fourth-order valence-electron chi connectivity index (χ4n) is 2.81. The zero-order valence-corrected chi connectivity index (χ0v) is 13.9. The predicted molar refractivity (Wildman–Crippen MR) is 80.0 cm³/mol. The summed E-state index contributed by atoms with van der Waals surface area (Å²) in [5.41, 5.74) is 0. The molecule has 0 spiro atoms. The molecule has 0 N–H and O–H groups in total. The Hall–Kier alpha value is -0.950. The van der Waals surface area contributed by atoms with Crippen molar-refractivity contribution in [2.75, 3.05) is 12.4 Å². The molecule has 1 aromatic heterocycles. The van der Waals surface area contributed by atoms with Crippen molar-refractivity contribution in [3.8, 4) is 0 Å². The lowest BCUT2D eigenvalue weighted by molar-refractivity contribution is 0.0911. The molecule has 7 heteroatoms. The number of hydrogen-bond acceptors (Lipinski definition) is 5. The van der Waals surface area contributed by atoms with E-state index in [0.29, 0.717) is 5.82 Å². The Morgan fingerprint density at radius 2 is 1.90 bits per heavy atom. The molecule has 0 aliphatic heterocycles. The van der Waals surface area contributed by atoms with Crippen molar-refractivity contribution in [2.45, 2.75) is 70.2 Å². The van der Waals surface area contributed by atoms with Gasteiger partial charge in [-0.25, -0.2) is 8.42 Å². The summed E-state index contributed by atoms with van der Waals surface area (Å²) in [4.78, 5) is 0. The monoisotopic (exact) mass is 315 g/mol. The maximum atomic E-state index is 12.5. The summed E-state index contributed by atoms with van der Waals surface area (Å²) in [5.74, 6) is 0.640. The van der Waals surface area contributed by atoms with Gasteiger partial charge in [0.1, 0.15) is 5.82 Å². The third-order valence-electron chi connectivity index (χ3n) is 3.86. The van der Waals surface area contributed by atoms with E-state index < -0.39 is 9.84 Å². The molecular formula is C14H25N3O3S. The van der Waals surface area contributed by atoms with Gasteiger partial charge in [-0.15, -0.1) is 10.2 Å². The van der Waals surface area contributed by atoms with E-state index in [1.807, 2.05) is 25.3 Å². The van der Waals surface area contributed by atoms with Crippen LogP contribution in [0.5, 0.6) is 0 Å². The number of hydrogen-bond donors (Lipinski definition) is 0. The normalized spacial score (nSPS) is 17.5. The third-order valence-corrected chi connectivity index (χ3v) is 5.40. The van der Waals surface area contributed by atoms with Crippen molar-refractivity contribution in [2.24, 2.45) is 0 Å². The van der Waals surface area contributed by atoms with Crippen LogP contribution in [-0.4, -0.2) is 41.6 Å². The molecule has 1 aliphatic rings. The number of sulfone groups is 1. The van der Waals surface area contributed by atoms with Gasteiger partial charge in [0.05, 0.1) is 18.5 Å². The molecule has 1 heterocycles. The quantitative estimate of drug-likeness (QED) is 0.805. The molecule has 0 atom stereocenters. The largest absolute Gasteiger partial charge is 0.378 e. The second-order valence-corrected chi connectivity index (χ2v) is 7.93. The molecule has 0 unspecified atom stereocenters. The predicted octanol–water partition coefficient (Wildman–Crippen LogP) is 2.29. The zero-order chi connectivity index (χ0) is 15.5. The number of nitrogens with zero attached hydrogens (tertiary/aromatic N) is 3.